The zero-order chi connectivity index (χ0) is 18.3. The van der Waals surface area contributed by atoms with Crippen molar-refractivity contribution in [2.24, 2.45) is 17.8 Å². The van der Waals surface area contributed by atoms with Crippen molar-refractivity contribution < 1.29 is 9.47 Å². The van der Waals surface area contributed by atoms with E-state index in [9.17, 15) is 0 Å². The maximum atomic E-state index is 5.66. The fourth-order valence-corrected chi connectivity index (χ4v) is 5.50. The fraction of sp³-hybridized carbons (Fsp3) is 0.636. The number of H-pyrrole nitrogens is 1. The number of ether oxygens (including phenoxy) is 2. The molecule has 1 N–H and O–H groups in total. The Morgan fingerprint density at radius 1 is 1.31 bits per heavy atom. The highest BCUT2D eigenvalue weighted by molar-refractivity contribution is 5.91. The number of nitrogens with zero attached hydrogens (tertiary/aromatic N) is 1. The van der Waals surface area contributed by atoms with Gasteiger partial charge in [-0.05, 0) is 48.3 Å². The SMILES string of the molecule is CC[C@@H]1CN2CCc3c([nH]c4cccc(OC)c34)[C@@H]2C[C@@H]1C(C)COC. The highest BCUT2D eigenvalue weighted by Gasteiger charge is 2.41. The predicted molar refractivity (Wildman–Crippen MR) is 106 cm³/mol. The molecular formula is C22H32N2O2. The van der Waals surface area contributed by atoms with Crippen molar-refractivity contribution in [3.05, 3.63) is 29.5 Å². The lowest BCUT2D eigenvalue weighted by atomic mass is 9.72. The zero-order valence-electron chi connectivity index (χ0n) is 16.5. The summed E-state index contributed by atoms with van der Waals surface area (Å²) in [6.07, 6.45) is 3.60. The topological polar surface area (TPSA) is 37.5 Å². The highest BCUT2D eigenvalue weighted by atomic mass is 16.5. The van der Waals surface area contributed by atoms with Crippen molar-refractivity contribution in [2.75, 3.05) is 33.9 Å². The molecule has 4 nitrogen and oxygen atoms in total. The summed E-state index contributed by atoms with van der Waals surface area (Å²) in [6.45, 7) is 7.95. The summed E-state index contributed by atoms with van der Waals surface area (Å²) < 4.78 is 11.2. The second-order valence-electron chi connectivity index (χ2n) is 8.16. The monoisotopic (exact) mass is 356 g/mol. The van der Waals surface area contributed by atoms with Crippen LogP contribution in [0.15, 0.2) is 18.2 Å². The molecule has 3 heterocycles. The van der Waals surface area contributed by atoms with Crippen LogP contribution in [0.4, 0.5) is 0 Å². The third-order valence-electron chi connectivity index (χ3n) is 6.82. The van der Waals surface area contributed by atoms with E-state index in [0.717, 1.165) is 37.2 Å². The summed E-state index contributed by atoms with van der Waals surface area (Å²) in [6, 6.07) is 6.85. The van der Waals surface area contributed by atoms with E-state index in [0.29, 0.717) is 12.0 Å². The van der Waals surface area contributed by atoms with Gasteiger partial charge in [0.25, 0.3) is 0 Å². The summed E-state index contributed by atoms with van der Waals surface area (Å²) in [4.78, 5) is 6.48. The van der Waals surface area contributed by atoms with Gasteiger partial charge in [-0.25, -0.2) is 0 Å². The zero-order valence-corrected chi connectivity index (χ0v) is 16.5. The highest BCUT2D eigenvalue weighted by Crippen LogP contribution is 2.46. The molecule has 0 amide bonds. The molecular weight excluding hydrogens is 324 g/mol. The van der Waals surface area contributed by atoms with Gasteiger partial charge in [0, 0.05) is 43.4 Å². The summed E-state index contributed by atoms with van der Waals surface area (Å²) >= 11 is 0. The lowest BCUT2D eigenvalue weighted by Crippen LogP contribution is -2.47. The van der Waals surface area contributed by atoms with Crippen LogP contribution < -0.4 is 4.74 Å². The third-order valence-corrected chi connectivity index (χ3v) is 6.82. The first kappa shape index (κ1) is 17.9. The molecule has 0 saturated carbocycles. The first-order valence-corrected chi connectivity index (χ1v) is 10.1. The van der Waals surface area contributed by atoms with Crippen molar-refractivity contribution in [1.82, 2.24) is 9.88 Å². The van der Waals surface area contributed by atoms with Crippen LogP contribution >= 0.6 is 0 Å². The largest absolute Gasteiger partial charge is 0.496 e. The molecule has 2 aliphatic heterocycles. The van der Waals surface area contributed by atoms with E-state index in [1.54, 1.807) is 7.11 Å². The number of rotatable bonds is 5. The number of benzene rings is 1. The van der Waals surface area contributed by atoms with Crippen LogP contribution in [0, 0.1) is 17.8 Å². The molecule has 1 aromatic carbocycles. The minimum Gasteiger partial charge on any atom is -0.496 e. The van der Waals surface area contributed by atoms with E-state index in [1.807, 2.05) is 7.11 Å². The number of nitrogens with one attached hydrogen (secondary N) is 1. The van der Waals surface area contributed by atoms with E-state index in [4.69, 9.17) is 9.47 Å². The van der Waals surface area contributed by atoms with Crippen molar-refractivity contribution in [3.63, 3.8) is 0 Å². The van der Waals surface area contributed by atoms with E-state index in [1.165, 1.54) is 41.5 Å². The average molecular weight is 357 g/mol. The van der Waals surface area contributed by atoms with Crippen LogP contribution in [0.1, 0.15) is 44.0 Å². The minimum atomic E-state index is 0.503. The number of hydrogen-bond acceptors (Lipinski definition) is 3. The Labute approximate surface area is 156 Å². The molecule has 4 heteroatoms. The summed E-state index contributed by atoms with van der Waals surface area (Å²) in [7, 11) is 3.60. The normalized spacial score (nSPS) is 27.2. The summed E-state index contributed by atoms with van der Waals surface area (Å²) in [5.41, 5.74) is 4.13. The number of methoxy groups -OCH3 is 2. The van der Waals surface area contributed by atoms with Crippen molar-refractivity contribution >= 4 is 10.9 Å². The molecule has 2 aliphatic rings. The van der Waals surface area contributed by atoms with Gasteiger partial charge in [-0.15, -0.1) is 0 Å². The third kappa shape index (κ3) is 2.84. The van der Waals surface area contributed by atoms with Gasteiger partial charge in [0.2, 0.25) is 0 Å². The summed E-state index contributed by atoms with van der Waals surface area (Å²) in [5, 5.41) is 1.30. The first-order valence-electron chi connectivity index (χ1n) is 10.1. The van der Waals surface area contributed by atoms with Crippen molar-refractivity contribution in [3.8, 4) is 5.75 Å². The van der Waals surface area contributed by atoms with Crippen LogP contribution in [0.2, 0.25) is 0 Å². The second-order valence-corrected chi connectivity index (χ2v) is 8.16. The van der Waals surface area contributed by atoms with Gasteiger partial charge in [0.15, 0.2) is 0 Å². The molecule has 1 aromatic heterocycles. The van der Waals surface area contributed by atoms with Crippen LogP contribution in [-0.4, -0.2) is 43.8 Å². The van der Waals surface area contributed by atoms with Gasteiger partial charge < -0.3 is 14.5 Å². The molecule has 142 valence electrons. The maximum Gasteiger partial charge on any atom is 0.128 e. The molecule has 1 fully saturated rings. The molecule has 1 saturated heterocycles. The Bertz CT molecular complexity index is 769. The number of piperidine rings is 1. The second kappa shape index (κ2) is 7.24. The number of aromatic amines is 1. The molecule has 4 atom stereocenters. The lowest BCUT2D eigenvalue weighted by molar-refractivity contribution is 0.00755. The fourth-order valence-electron chi connectivity index (χ4n) is 5.50. The van der Waals surface area contributed by atoms with E-state index >= 15 is 0 Å². The predicted octanol–water partition coefficient (Wildman–Crippen LogP) is 4.40. The average Bonchev–Trinajstić information content (AvgIpc) is 3.06. The van der Waals surface area contributed by atoms with E-state index < -0.39 is 0 Å². The van der Waals surface area contributed by atoms with Gasteiger partial charge in [-0.3, -0.25) is 4.90 Å². The molecule has 4 rings (SSSR count). The number of fused-ring (bicyclic) bond motifs is 5. The lowest BCUT2D eigenvalue weighted by Gasteiger charge is -2.48. The summed E-state index contributed by atoms with van der Waals surface area (Å²) in [5.74, 6) is 3.11. The Hall–Kier alpha value is -1.52. The van der Waals surface area contributed by atoms with Crippen LogP contribution in [0.3, 0.4) is 0 Å². The maximum absolute atomic E-state index is 5.66. The Morgan fingerprint density at radius 3 is 2.88 bits per heavy atom. The molecule has 0 spiro atoms. The van der Waals surface area contributed by atoms with Gasteiger partial charge in [-0.1, -0.05) is 26.3 Å². The number of hydrogen-bond donors (Lipinski definition) is 1. The van der Waals surface area contributed by atoms with Crippen LogP contribution in [0.25, 0.3) is 10.9 Å². The van der Waals surface area contributed by atoms with Crippen molar-refractivity contribution in [2.45, 2.75) is 39.2 Å². The van der Waals surface area contributed by atoms with Gasteiger partial charge >= 0.3 is 0 Å². The van der Waals surface area contributed by atoms with Gasteiger partial charge in [0.1, 0.15) is 5.75 Å². The first-order chi connectivity index (χ1) is 12.7. The molecule has 26 heavy (non-hydrogen) atoms. The van der Waals surface area contributed by atoms with Gasteiger partial charge in [-0.2, -0.15) is 0 Å². The molecule has 0 aliphatic carbocycles. The van der Waals surface area contributed by atoms with Crippen LogP contribution in [-0.2, 0) is 11.2 Å². The van der Waals surface area contributed by atoms with E-state index in [2.05, 4.69) is 41.9 Å². The molecule has 2 aromatic rings. The Balaban J connectivity index is 1.72. The standard InChI is InChI=1S/C22H32N2O2/c1-5-15-12-24-10-9-16-21-18(7-6-8-20(21)26-4)23-22(16)19(24)11-17(15)14(2)13-25-3/h6-8,14-15,17,19,23H,5,9-13H2,1-4H3/t14?,15-,17-,19+/m1/s1. The molecule has 0 radical (unpaired) electrons. The number of aromatic nitrogens is 1. The molecule has 1 unspecified atom stereocenters. The van der Waals surface area contributed by atoms with Crippen molar-refractivity contribution in [1.29, 1.82) is 0 Å². The Kier molecular flexibility index (Phi) is 4.98. The minimum absolute atomic E-state index is 0.503. The molecule has 0 bridgehead atoms. The van der Waals surface area contributed by atoms with E-state index in [-0.39, 0.29) is 0 Å². The van der Waals surface area contributed by atoms with Gasteiger partial charge in [0.05, 0.1) is 13.2 Å². The Morgan fingerprint density at radius 2 is 2.15 bits per heavy atom. The smallest absolute Gasteiger partial charge is 0.128 e. The van der Waals surface area contributed by atoms with Crippen LogP contribution in [0.5, 0.6) is 5.75 Å². The quantitative estimate of drug-likeness (QED) is 0.862.